The molecular weight excluding hydrogens is 677 g/mol. The van der Waals surface area contributed by atoms with E-state index in [1.807, 2.05) is 0 Å². The van der Waals surface area contributed by atoms with Crippen LogP contribution < -0.4 is 10.6 Å². The molecule has 0 aliphatic heterocycles. The van der Waals surface area contributed by atoms with E-state index in [-0.39, 0.29) is 10.8 Å². The molecule has 5 heteroatoms. The molecule has 2 aliphatic rings. The van der Waals surface area contributed by atoms with Crippen LogP contribution in [0.25, 0.3) is 0 Å². The topological polar surface area (TPSA) is 35.0 Å². The summed E-state index contributed by atoms with van der Waals surface area (Å²) in [6, 6.07) is 31.5. The molecule has 2 aromatic carbocycles. The third-order valence-electron chi connectivity index (χ3n) is 12.5. The number of hydrogen-bond acceptors (Lipinski definition) is 3. The van der Waals surface area contributed by atoms with Gasteiger partial charge >= 0.3 is 0 Å². The van der Waals surface area contributed by atoms with Crippen LogP contribution in [0.15, 0.2) is 134 Å². The van der Waals surface area contributed by atoms with Gasteiger partial charge in [-0.3, -0.25) is 9.97 Å². The summed E-state index contributed by atoms with van der Waals surface area (Å²) in [5.41, 5.74) is 3.29. The third-order valence-corrected chi connectivity index (χ3v) is 14.0. The highest BCUT2D eigenvalue weighted by Gasteiger charge is 2.67. The van der Waals surface area contributed by atoms with E-state index in [2.05, 4.69) is 189 Å². The van der Waals surface area contributed by atoms with E-state index in [0.717, 1.165) is 90.4 Å². The average Bonchev–Trinajstić information content (AvgIpc) is 3.16. The van der Waals surface area contributed by atoms with Crippen LogP contribution in [0.2, 0.25) is 0 Å². The summed E-state index contributed by atoms with van der Waals surface area (Å²) < 4.78 is 9.01. The Labute approximate surface area is 325 Å². The van der Waals surface area contributed by atoms with Crippen molar-refractivity contribution < 1.29 is 4.74 Å². The molecule has 0 fully saturated rings. The predicted octanol–water partition coefficient (Wildman–Crippen LogP) is 7.88. The first-order chi connectivity index (χ1) is 25.2. The zero-order valence-corrected chi connectivity index (χ0v) is 37.8. The van der Waals surface area contributed by atoms with Crippen LogP contribution in [-0.4, -0.2) is 30.5 Å². The monoisotopic (exact) mass is 736 g/mol. The molecule has 0 saturated carbocycles. The minimum Gasteiger partial charge on any atom is -0.348 e. The van der Waals surface area contributed by atoms with Gasteiger partial charge in [0.05, 0.1) is 20.5 Å². The number of hydrogen-bond donors (Lipinski definition) is 0. The van der Waals surface area contributed by atoms with Gasteiger partial charge in [0.15, 0.2) is 0 Å². The van der Waals surface area contributed by atoms with Crippen LogP contribution >= 0.6 is 0 Å². The number of pyridine rings is 2. The summed E-state index contributed by atoms with van der Waals surface area (Å²) >= 11 is 0. The van der Waals surface area contributed by atoms with Crippen molar-refractivity contribution in [1.82, 2.24) is 9.97 Å². The van der Waals surface area contributed by atoms with Gasteiger partial charge in [-0.1, -0.05) is 177 Å². The van der Waals surface area contributed by atoms with Crippen molar-refractivity contribution in [2.24, 2.45) is 21.7 Å². The predicted molar refractivity (Wildman–Crippen MR) is 231 cm³/mol. The molecule has 2 aliphatic carbocycles. The zero-order valence-electron chi connectivity index (χ0n) is 33.8. The number of aryl methyl sites for hydroxylation is 2. The number of nitrogens with zero attached hydrogens (tertiary/aromatic N) is 2. The van der Waals surface area contributed by atoms with Gasteiger partial charge in [-0.15, -0.1) is 0 Å². The maximum absolute atomic E-state index is 9.01. The molecule has 2 aromatic heterocycles. The van der Waals surface area contributed by atoms with Gasteiger partial charge in [0.2, 0.25) is 0 Å². The first-order valence-corrected chi connectivity index (χ1v) is 21.7. The summed E-state index contributed by atoms with van der Waals surface area (Å²) in [5, 5.41) is 2.27. The Kier molecular flexibility index (Phi) is 10.8. The highest BCUT2D eigenvalue weighted by molar-refractivity contribution is 6.32. The second-order valence-electron chi connectivity index (χ2n) is 17.2. The van der Waals surface area contributed by atoms with E-state index < -0.39 is 22.0 Å². The Morgan fingerprint density at radius 1 is 0.547 bits per heavy atom. The van der Waals surface area contributed by atoms with Crippen molar-refractivity contribution in [2.45, 2.75) is 92.3 Å². The molecule has 53 heavy (non-hydrogen) atoms. The van der Waals surface area contributed by atoms with Crippen molar-refractivity contribution >= 4 is 31.1 Å². The van der Waals surface area contributed by atoms with E-state index in [1.165, 1.54) is 0 Å². The quantitative estimate of drug-likeness (QED) is 0.156. The molecule has 4 unspecified atom stereocenters. The number of rotatable bonds is 10. The van der Waals surface area contributed by atoms with Gasteiger partial charge in [-0.05, 0) is 59.8 Å². The minimum atomic E-state index is -0.995. The Balaban J connectivity index is 1.93. The first kappa shape index (κ1) is 38.8. The lowest BCUT2D eigenvalue weighted by molar-refractivity contribution is -0.246. The van der Waals surface area contributed by atoms with E-state index in [4.69, 9.17) is 14.7 Å². The summed E-state index contributed by atoms with van der Waals surface area (Å²) in [6.45, 7) is 18.8. The molecule has 0 spiro atoms. The zero-order chi connectivity index (χ0) is 38.1. The minimum absolute atomic E-state index is 0.255. The molecule has 0 N–H and O–H groups in total. The maximum atomic E-state index is 9.01. The summed E-state index contributed by atoms with van der Waals surface area (Å²) in [7, 11) is 1.53. The fraction of sp³-hybridized carbons (Fsp3) is 0.375. The molecule has 3 nitrogen and oxygen atoms in total. The Hall–Kier alpha value is -3.91. The molecule has 0 radical (unpaired) electrons. The van der Waals surface area contributed by atoms with Gasteiger partial charge in [0, 0.05) is 44.0 Å². The second-order valence-corrected chi connectivity index (χ2v) is 19.1. The van der Waals surface area contributed by atoms with Crippen LogP contribution in [0.5, 0.6) is 0 Å². The van der Waals surface area contributed by atoms with Crippen LogP contribution in [0.1, 0.15) is 102 Å². The highest BCUT2D eigenvalue weighted by Crippen LogP contribution is 2.68. The fourth-order valence-corrected chi connectivity index (χ4v) is 11.2. The van der Waals surface area contributed by atoms with Gasteiger partial charge < -0.3 is 4.74 Å². The molecule has 4 atom stereocenters. The Morgan fingerprint density at radius 2 is 0.925 bits per heavy atom. The van der Waals surface area contributed by atoms with Crippen LogP contribution in [-0.2, 0) is 28.8 Å². The van der Waals surface area contributed by atoms with Crippen molar-refractivity contribution in [3.8, 4) is 0 Å². The second kappa shape index (κ2) is 14.7. The SMILES string of the molecule is CCc1ccc(C(OC(c2ccccc2)(c2ccc(CC)nc2[SiH3])C2(C(C)(C)C)C=CC=CC2)(c2ccccc2)C2(C(C)(C)C)C=CC=CC2)c([SiH3])n1. The largest absolute Gasteiger partial charge is 0.348 e. The number of benzene rings is 2. The molecule has 6 rings (SSSR count). The van der Waals surface area contributed by atoms with E-state index in [9.17, 15) is 0 Å². The normalized spacial score (nSPS) is 22.5. The van der Waals surface area contributed by atoms with Crippen LogP contribution in [0.4, 0.5) is 0 Å². The van der Waals surface area contributed by atoms with E-state index in [0.29, 0.717) is 0 Å². The van der Waals surface area contributed by atoms with Crippen molar-refractivity contribution in [3.05, 3.63) is 167 Å². The molecular formula is C48H60N2OSi2. The van der Waals surface area contributed by atoms with Gasteiger partial charge in [-0.2, -0.15) is 0 Å². The van der Waals surface area contributed by atoms with Crippen molar-refractivity contribution in [1.29, 1.82) is 0 Å². The standard InChI is InChI=1S/C48H60N2OSi2/c1-9-37-27-29-39(41(52)49-37)47(35-23-15-11-16-24-35,45(43(3,4)5)31-19-13-20-32-45)51-48(36-25-17-12-18-26-36,40-30-28-38(10-2)50-42(40)53)46(44(6,7)8)33-21-14-22-34-46/h11-31,33H,9-10,32,34H2,1-8,52-53H3. The molecule has 0 amide bonds. The molecule has 2 heterocycles. The molecule has 4 aromatic rings. The lowest BCUT2D eigenvalue weighted by Gasteiger charge is -2.64. The number of aromatic nitrogens is 2. The lowest BCUT2D eigenvalue weighted by atomic mass is 9.49. The van der Waals surface area contributed by atoms with Crippen molar-refractivity contribution in [2.75, 3.05) is 0 Å². The van der Waals surface area contributed by atoms with Gasteiger partial charge in [0.1, 0.15) is 11.2 Å². The molecule has 0 saturated heterocycles. The summed E-state index contributed by atoms with van der Waals surface area (Å²) in [4.78, 5) is 10.8. The van der Waals surface area contributed by atoms with Crippen molar-refractivity contribution in [3.63, 3.8) is 0 Å². The summed E-state index contributed by atoms with van der Waals surface area (Å²) in [5.74, 6) is 0. The first-order valence-electron chi connectivity index (χ1n) is 19.7. The van der Waals surface area contributed by atoms with Gasteiger partial charge in [0.25, 0.3) is 0 Å². The number of allylic oxidation sites excluding steroid dienone is 6. The van der Waals surface area contributed by atoms with Crippen LogP contribution in [0.3, 0.4) is 0 Å². The summed E-state index contributed by atoms with van der Waals surface area (Å²) in [6.07, 6.45) is 22.0. The average molecular weight is 737 g/mol. The van der Waals surface area contributed by atoms with Gasteiger partial charge in [-0.25, -0.2) is 0 Å². The molecule has 276 valence electrons. The Bertz CT molecular complexity index is 1890. The maximum Gasteiger partial charge on any atom is 0.131 e. The van der Waals surface area contributed by atoms with E-state index >= 15 is 0 Å². The third kappa shape index (κ3) is 6.23. The Morgan fingerprint density at radius 3 is 1.21 bits per heavy atom. The van der Waals surface area contributed by atoms with E-state index in [1.54, 1.807) is 0 Å². The lowest BCUT2D eigenvalue weighted by Crippen LogP contribution is -2.65. The fourth-order valence-electron chi connectivity index (χ4n) is 9.59. The molecule has 0 bridgehead atoms. The number of ether oxygens (including phenoxy) is 1. The smallest absolute Gasteiger partial charge is 0.131 e. The van der Waals surface area contributed by atoms with Crippen LogP contribution in [0, 0.1) is 21.7 Å². The highest BCUT2D eigenvalue weighted by atomic mass is 28.1.